The molecule has 0 radical (unpaired) electrons. The van der Waals surface area contributed by atoms with Crippen molar-refractivity contribution >= 4 is 41.3 Å². The van der Waals surface area contributed by atoms with E-state index in [4.69, 9.17) is 23.2 Å². The summed E-state index contributed by atoms with van der Waals surface area (Å²) in [5.41, 5.74) is 1.04. The van der Waals surface area contributed by atoms with Crippen LogP contribution in [0, 0.1) is 0 Å². The lowest BCUT2D eigenvalue weighted by Crippen LogP contribution is -2.50. The smallest absolute Gasteiger partial charge is 0.0640 e. The summed E-state index contributed by atoms with van der Waals surface area (Å²) in [5, 5.41) is 4.86. The molecule has 1 atom stereocenters. The maximum Gasteiger partial charge on any atom is 0.0640 e. The third-order valence-electron chi connectivity index (χ3n) is 2.72. The number of hydrogen-bond acceptors (Lipinski definition) is 2. The summed E-state index contributed by atoms with van der Waals surface area (Å²) < 4.78 is 0. The van der Waals surface area contributed by atoms with Gasteiger partial charge in [-0.2, -0.15) is 0 Å². The summed E-state index contributed by atoms with van der Waals surface area (Å²) in [5.74, 6) is 0. The van der Waals surface area contributed by atoms with E-state index in [1.54, 1.807) is 0 Å². The van der Waals surface area contributed by atoms with Crippen LogP contribution in [0.3, 0.4) is 0 Å². The first-order valence-corrected chi connectivity index (χ1v) is 5.86. The second-order valence-corrected chi connectivity index (χ2v) is 4.69. The van der Waals surface area contributed by atoms with Gasteiger partial charge in [-0.25, -0.2) is 0 Å². The summed E-state index contributed by atoms with van der Waals surface area (Å²) in [6.45, 7) is 5.14. The van der Waals surface area contributed by atoms with E-state index >= 15 is 0 Å². The lowest BCUT2D eigenvalue weighted by atomic mass is 10.2. The number of nitrogens with zero attached hydrogens (tertiary/aromatic N) is 1. The van der Waals surface area contributed by atoms with Crippen LogP contribution in [0.4, 0.5) is 5.69 Å². The molecule has 0 spiro atoms. The Kier molecular flexibility index (Phi) is 5.19. The summed E-state index contributed by atoms with van der Waals surface area (Å²) >= 11 is 12.2. The highest BCUT2D eigenvalue weighted by molar-refractivity contribution is 6.35. The van der Waals surface area contributed by atoms with Crippen molar-refractivity contribution < 1.29 is 0 Å². The Labute approximate surface area is 112 Å². The van der Waals surface area contributed by atoms with Gasteiger partial charge in [0.1, 0.15) is 0 Å². The highest BCUT2D eigenvalue weighted by Crippen LogP contribution is 2.30. The minimum Gasteiger partial charge on any atom is -0.365 e. The normalized spacial score (nSPS) is 20.4. The number of nitrogens with one attached hydrogen (secondary N) is 1. The largest absolute Gasteiger partial charge is 0.365 e. The van der Waals surface area contributed by atoms with E-state index in [0.29, 0.717) is 6.04 Å². The van der Waals surface area contributed by atoms with Crippen molar-refractivity contribution in [3.8, 4) is 0 Å². The van der Waals surface area contributed by atoms with E-state index in [1.807, 2.05) is 18.2 Å². The van der Waals surface area contributed by atoms with E-state index in [-0.39, 0.29) is 12.4 Å². The third kappa shape index (κ3) is 2.95. The van der Waals surface area contributed by atoms with Crippen molar-refractivity contribution in [2.75, 3.05) is 24.5 Å². The van der Waals surface area contributed by atoms with Crippen LogP contribution in [0.1, 0.15) is 6.92 Å². The van der Waals surface area contributed by atoms with Crippen LogP contribution in [0.25, 0.3) is 0 Å². The Balaban J connectivity index is 0.00000128. The fourth-order valence-electron chi connectivity index (χ4n) is 1.90. The molecular formula is C11H15Cl3N2. The summed E-state index contributed by atoms with van der Waals surface area (Å²) in [4.78, 5) is 2.30. The molecule has 0 saturated carbocycles. The van der Waals surface area contributed by atoms with Crippen molar-refractivity contribution in [2.24, 2.45) is 0 Å². The van der Waals surface area contributed by atoms with Gasteiger partial charge in [0.25, 0.3) is 0 Å². The zero-order chi connectivity index (χ0) is 10.8. The average molecular weight is 282 g/mol. The van der Waals surface area contributed by atoms with Crippen molar-refractivity contribution in [2.45, 2.75) is 13.0 Å². The molecule has 0 unspecified atom stereocenters. The van der Waals surface area contributed by atoms with Crippen LogP contribution in [0.5, 0.6) is 0 Å². The van der Waals surface area contributed by atoms with Crippen molar-refractivity contribution in [3.63, 3.8) is 0 Å². The minimum absolute atomic E-state index is 0. The first kappa shape index (κ1) is 13.9. The Hall–Kier alpha value is -0.150. The lowest BCUT2D eigenvalue weighted by Gasteiger charge is -2.36. The zero-order valence-electron chi connectivity index (χ0n) is 9.04. The molecule has 1 heterocycles. The van der Waals surface area contributed by atoms with Gasteiger partial charge in [0, 0.05) is 30.7 Å². The van der Waals surface area contributed by atoms with Crippen LogP contribution in [-0.4, -0.2) is 25.7 Å². The lowest BCUT2D eigenvalue weighted by molar-refractivity contribution is 0.501. The molecule has 1 saturated heterocycles. The molecule has 0 bridgehead atoms. The Morgan fingerprint density at radius 1 is 1.38 bits per heavy atom. The van der Waals surface area contributed by atoms with Gasteiger partial charge < -0.3 is 10.2 Å². The molecule has 5 heteroatoms. The molecule has 2 nitrogen and oxygen atoms in total. The van der Waals surface area contributed by atoms with E-state index in [1.165, 1.54) is 0 Å². The fraction of sp³-hybridized carbons (Fsp3) is 0.455. The SMILES string of the molecule is C[C@H]1CNCCN1c1cc(Cl)ccc1Cl.Cl. The fourth-order valence-corrected chi connectivity index (χ4v) is 2.30. The third-order valence-corrected chi connectivity index (χ3v) is 3.27. The molecule has 2 rings (SSSR count). The predicted molar refractivity (Wildman–Crippen MR) is 73.4 cm³/mol. The highest BCUT2D eigenvalue weighted by atomic mass is 35.5. The first-order chi connectivity index (χ1) is 7.18. The van der Waals surface area contributed by atoms with Gasteiger partial charge in [0.2, 0.25) is 0 Å². The molecule has 1 aromatic rings. The molecule has 0 aromatic heterocycles. The molecule has 1 aromatic carbocycles. The highest BCUT2D eigenvalue weighted by Gasteiger charge is 2.20. The standard InChI is InChI=1S/C11H14Cl2N2.ClH/c1-8-7-14-4-5-15(8)11-6-9(12)2-3-10(11)13;/h2-3,6,8,14H,4-5,7H2,1H3;1H/t8-;/m0./s1. The van der Waals surface area contributed by atoms with Gasteiger partial charge in [0.15, 0.2) is 0 Å². The molecule has 90 valence electrons. The number of piperazine rings is 1. The van der Waals surface area contributed by atoms with Gasteiger partial charge in [-0.1, -0.05) is 23.2 Å². The van der Waals surface area contributed by atoms with Gasteiger partial charge in [-0.15, -0.1) is 12.4 Å². The molecule has 1 fully saturated rings. The minimum atomic E-state index is 0. The monoisotopic (exact) mass is 280 g/mol. The van der Waals surface area contributed by atoms with Crippen molar-refractivity contribution in [3.05, 3.63) is 28.2 Å². The number of benzene rings is 1. The van der Waals surface area contributed by atoms with E-state index < -0.39 is 0 Å². The van der Waals surface area contributed by atoms with Crippen LogP contribution in [-0.2, 0) is 0 Å². The average Bonchev–Trinajstić information content (AvgIpc) is 2.23. The Morgan fingerprint density at radius 2 is 2.12 bits per heavy atom. The van der Waals surface area contributed by atoms with Gasteiger partial charge in [-0.05, 0) is 25.1 Å². The van der Waals surface area contributed by atoms with Crippen LogP contribution >= 0.6 is 35.6 Å². The zero-order valence-corrected chi connectivity index (χ0v) is 11.4. The van der Waals surface area contributed by atoms with Gasteiger partial charge in [-0.3, -0.25) is 0 Å². The molecule has 0 amide bonds. The van der Waals surface area contributed by atoms with Gasteiger partial charge in [0.05, 0.1) is 10.7 Å². The first-order valence-electron chi connectivity index (χ1n) is 5.11. The number of anilines is 1. The summed E-state index contributed by atoms with van der Waals surface area (Å²) in [7, 11) is 0. The second kappa shape index (κ2) is 5.97. The maximum absolute atomic E-state index is 6.17. The molecule has 1 aliphatic heterocycles. The van der Waals surface area contributed by atoms with Gasteiger partial charge >= 0.3 is 0 Å². The van der Waals surface area contributed by atoms with Crippen LogP contribution in [0.2, 0.25) is 10.0 Å². The Morgan fingerprint density at radius 3 is 2.81 bits per heavy atom. The van der Waals surface area contributed by atoms with Crippen molar-refractivity contribution in [1.82, 2.24) is 5.32 Å². The molecule has 0 aliphatic carbocycles. The number of halogens is 3. The maximum atomic E-state index is 6.17. The number of hydrogen-bond donors (Lipinski definition) is 1. The van der Waals surface area contributed by atoms with E-state index in [9.17, 15) is 0 Å². The Bertz CT molecular complexity index is 357. The van der Waals surface area contributed by atoms with E-state index in [2.05, 4.69) is 17.1 Å². The predicted octanol–water partition coefficient (Wildman–Crippen LogP) is 3.21. The summed E-state index contributed by atoms with van der Waals surface area (Å²) in [6.07, 6.45) is 0. The van der Waals surface area contributed by atoms with Crippen LogP contribution in [0.15, 0.2) is 18.2 Å². The quantitative estimate of drug-likeness (QED) is 0.850. The van der Waals surface area contributed by atoms with Crippen LogP contribution < -0.4 is 10.2 Å². The topological polar surface area (TPSA) is 15.3 Å². The number of rotatable bonds is 1. The molecular weight excluding hydrogens is 266 g/mol. The molecule has 1 N–H and O–H groups in total. The van der Waals surface area contributed by atoms with Crippen molar-refractivity contribution in [1.29, 1.82) is 0 Å². The summed E-state index contributed by atoms with van der Waals surface area (Å²) in [6, 6.07) is 6.06. The molecule has 16 heavy (non-hydrogen) atoms. The molecule has 1 aliphatic rings. The van der Waals surface area contributed by atoms with E-state index in [0.717, 1.165) is 35.4 Å². The second-order valence-electron chi connectivity index (χ2n) is 3.84.